The minimum absolute atomic E-state index is 0.250. The van der Waals surface area contributed by atoms with Crippen molar-refractivity contribution >= 4 is 40.2 Å². The smallest absolute Gasteiger partial charge is 0.336 e. The van der Waals surface area contributed by atoms with Crippen LogP contribution in [0.2, 0.25) is 0 Å². The van der Waals surface area contributed by atoms with Crippen LogP contribution in [0.3, 0.4) is 0 Å². The highest BCUT2D eigenvalue weighted by Crippen LogP contribution is 2.16. The molecule has 0 saturated heterocycles. The van der Waals surface area contributed by atoms with Crippen LogP contribution in [0.1, 0.15) is 20.7 Å². The van der Waals surface area contributed by atoms with E-state index >= 15 is 0 Å². The number of benzene rings is 2. The Kier molecular flexibility index (Phi) is 7.32. The van der Waals surface area contributed by atoms with E-state index in [0.717, 1.165) is 0 Å². The predicted molar refractivity (Wildman–Crippen MR) is 106 cm³/mol. The number of aromatic carboxylic acids is 2. The lowest BCUT2D eigenvalue weighted by molar-refractivity contribution is -0.122. The molecule has 2 aromatic heterocycles. The van der Waals surface area contributed by atoms with Crippen molar-refractivity contribution in [3.8, 4) is 0 Å². The van der Waals surface area contributed by atoms with Crippen LogP contribution in [0.4, 0.5) is 0 Å². The van der Waals surface area contributed by atoms with Crippen molar-refractivity contribution in [2.24, 2.45) is 0 Å². The predicted octanol–water partition coefficient (Wildman–Crippen LogP) is 3.57. The molecule has 0 aliphatic heterocycles. The van der Waals surface area contributed by atoms with Gasteiger partial charge in [0, 0.05) is 23.2 Å². The van der Waals surface area contributed by atoms with Gasteiger partial charge in [0.2, 0.25) is 0 Å². The molecule has 8 heteroatoms. The second kappa shape index (κ2) is 10.1. The van der Waals surface area contributed by atoms with Gasteiger partial charge in [0.05, 0.1) is 22.2 Å². The fourth-order valence-corrected chi connectivity index (χ4v) is 2.56. The van der Waals surface area contributed by atoms with E-state index in [1.54, 1.807) is 36.4 Å². The summed E-state index contributed by atoms with van der Waals surface area (Å²) in [6.07, 6.45) is 3.01. The van der Waals surface area contributed by atoms with Crippen molar-refractivity contribution in [2.75, 3.05) is 0 Å². The number of carboxylic acid groups (broad SMARTS) is 3. The fourth-order valence-electron chi connectivity index (χ4n) is 2.56. The summed E-state index contributed by atoms with van der Waals surface area (Å²) in [5, 5.41) is 26.0. The van der Waals surface area contributed by atoms with E-state index in [-0.39, 0.29) is 6.47 Å². The molecule has 0 atom stereocenters. The lowest BCUT2D eigenvalue weighted by Gasteiger charge is -1.99. The van der Waals surface area contributed by atoms with Crippen LogP contribution in [0.25, 0.3) is 21.8 Å². The summed E-state index contributed by atoms with van der Waals surface area (Å²) in [4.78, 5) is 38.1. The average Bonchev–Trinajstić information content (AvgIpc) is 2.73. The number of para-hydroxylation sites is 2. The molecule has 0 saturated carbocycles. The van der Waals surface area contributed by atoms with Crippen LogP contribution in [-0.2, 0) is 4.79 Å². The maximum atomic E-state index is 10.8. The van der Waals surface area contributed by atoms with Crippen molar-refractivity contribution in [1.29, 1.82) is 0 Å². The van der Waals surface area contributed by atoms with Crippen LogP contribution in [0.15, 0.2) is 73.1 Å². The summed E-state index contributed by atoms with van der Waals surface area (Å²) in [7, 11) is 0. The normalized spacial score (nSPS) is 9.52. The third kappa shape index (κ3) is 5.33. The lowest BCUT2D eigenvalue weighted by atomic mass is 10.1. The summed E-state index contributed by atoms with van der Waals surface area (Å²) in [5.74, 6) is -1.84. The van der Waals surface area contributed by atoms with Gasteiger partial charge < -0.3 is 15.3 Å². The van der Waals surface area contributed by atoms with E-state index in [1.165, 1.54) is 24.5 Å². The largest absolute Gasteiger partial charge is 0.483 e. The molecule has 0 radical (unpaired) electrons. The summed E-state index contributed by atoms with van der Waals surface area (Å²) < 4.78 is 0. The lowest BCUT2D eigenvalue weighted by Crippen LogP contribution is -1.97. The second-order valence-electron chi connectivity index (χ2n) is 5.47. The molecular weight excluding hydrogens is 376 g/mol. The zero-order valence-corrected chi connectivity index (χ0v) is 15.0. The average molecular weight is 392 g/mol. The number of fused-ring (bicyclic) bond motifs is 2. The maximum Gasteiger partial charge on any atom is 0.336 e. The first kappa shape index (κ1) is 21.0. The maximum absolute atomic E-state index is 10.8. The van der Waals surface area contributed by atoms with Gasteiger partial charge in [-0.25, -0.2) is 9.59 Å². The molecule has 0 spiro atoms. The number of hydrogen-bond donors (Lipinski definition) is 3. The molecular formula is C21H16N2O6. The van der Waals surface area contributed by atoms with E-state index in [2.05, 4.69) is 9.97 Å². The molecule has 0 bridgehead atoms. The molecule has 0 unspecified atom stereocenters. The topological polar surface area (TPSA) is 138 Å². The molecule has 0 aliphatic carbocycles. The van der Waals surface area contributed by atoms with Gasteiger partial charge in [-0.1, -0.05) is 36.4 Å². The van der Waals surface area contributed by atoms with E-state index in [9.17, 15) is 9.59 Å². The van der Waals surface area contributed by atoms with Crippen LogP contribution < -0.4 is 0 Å². The highest BCUT2D eigenvalue weighted by molar-refractivity contribution is 6.02. The van der Waals surface area contributed by atoms with E-state index in [0.29, 0.717) is 32.9 Å². The summed E-state index contributed by atoms with van der Waals surface area (Å²) in [6.45, 7) is -0.250. The Hall–Kier alpha value is -4.33. The first-order chi connectivity index (χ1) is 14.0. The highest BCUT2D eigenvalue weighted by Gasteiger charge is 2.07. The zero-order chi connectivity index (χ0) is 21.2. The number of carboxylic acids is 2. The Morgan fingerprint density at radius 2 is 1.03 bits per heavy atom. The molecule has 2 aromatic carbocycles. The molecule has 0 fully saturated rings. The Balaban J connectivity index is 0.000000183. The van der Waals surface area contributed by atoms with Crippen molar-refractivity contribution in [2.45, 2.75) is 0 Å². The zero-order valence-electron chi connectivity index (χ0n) is 15.0. The number of aromatic nitrogens is 2. The number of rotatable bonds is 2. The van der Waals surface area contributed by atoms with Crippen molar-refractivity contribution < 1.29 is 29.7 Å². The first-order valence-corrected chi connectivity index (χ1v) is 8.21. The van der Waals surface area contributed by atoms with Gasteiger partial charge in [-0.15, -0.1) is 0 Å². The van der Waals surface area contributed by atoms with Crippen LogP contribution in [-0.4, -0.2) is 43.7 Å². The van der Waals surface area contributed by atoms with Crippen LogP contribution in [0.5, 0.6) is 0 Å². The monoisotopic (exact) mass is 392 g/mol. The highest BCUT2D eigenvalue weighted by atomic mass is 16.4. The van der Waals surface area contributed by atoms with Gasteiger partial charge >= 0.3 is 11.9 Å². The van der Waals surface area contributed by atoms with Gasteiger partial charge in [0.25, 0.3) is 6.47 Å². The van der Waals surface area contributed by atoms with Crippen molar-refractivity contribution in [3.05, 3.63) is 84.2 Å². The fraction of sp³-hybridized carbons (Fsp3) is 0. The number of nitrogens with zero attached hydrogens (tertiary/aromatic N) is 2. The van der Waals surface area contributed by atoms with Crippen molar-refractivity contribution in [3.63, 3.8) is 0 Å². The van der Waals surface area contributed by atoms with Gasteiger partial charge in [-0.05, 0) is 24.3 Å². The number of hydrogen-bond acceptors (Lipinski definition) is 5. The second-order valence-corrected chi connectivity index (χ2v) is 5.47. The Morgan fingerprint density at radius 1 is 0.690 bits per heavy atom. The summed E-state index contributed by atoms with van der Waals surface area (Å²) >= 11 is 0. The minimum Gasteiger partial charge on any atom is -0.483 e. The van der Waals surface area contributed by atoms with Crippen molar-refractivity contribution in [1.82, 2.24) is 9.97 Å². The third-order valence-electron chi connectivity index (χ3n) is 3.76. The molecule has 29 heavy (non-hydrogen) atoms. The minimum atomic E-state index is -0.918. The van der Waals surface area contributed by atoms with Gasteiger partial charge in [0.15, 0.2) is 0 Å². The van der Waals surface area contributed by atoms with Gasteiger partial charge in [-0.3, -0.25) is 14.8 Å². The molecule has 2 heterocycles. The first-order valence-electron chi connectivity index (χ1n) is 8.21. The standard InChI is InChI=1S/2C10H7NO2.CH2O2/c2*12-10(13)8-5-6-11-9-4-2-1-3-7(8)9;2-1-3/h2*1-6H,(H,12,13);1H,(H,2,3). The van der Waals surface area contributed by atoms with Crippen LogP contribution >= 0.6 is 0 Å². The number of carbonyl (C=O) groups is 3. The Morgan fingerprint density at radius 3 is 1.38 bits per heavy atom. The Bertz CT molecular complexity index is 1060. The van der Waals surface area contributed by atoms with Crippen LogP contribution in [0, 0.1) is 0 Å². The SMILES string of the molecule is O=C(O)c1ccnc2ccccc12.O=C(O)c1ccnc2ccccc12.O=CO. The summed E-state index contributed by atoms with van der Waals surface area (Å²) in [6, 6.07) is 17.4. The number of pyridine rings is 2. The summed E-state index contributed by atoms with van der Waals surface area (Å²) in [5.41, 5.74) is 2.01. The van der Waals surface area contributed by atoms with E-state index in [1.807, 2.05) is 12.1 Å². The molecule has 4 rings (SSSR count). The molecule has 4 aromatic rings. The van der Waals surface area contributed by atoms with E-state index < -0.39 is 11.9 Å². The third-order valence-corrected chi connectivity index (χ3v) is 3.76. The molecule has 3 N–H and O–H groups in total. The van der Waals surface area contributed by atoms with Gasteiger partial charge in [-0.2, -0.15) is 0 Å². The molecule has 146 valence electrons. The Labute approximate surface area is 164 Å². The molecule has 0 amide bonds. The quantitative estimate of drug-likeness (QED) is 0.440. The van der Waals surface area contributed by atoms with Gasteiger partial charge in [0.1, 0.15) is 0 Å². The molecule has 0 aliphatic rings. The molecule has 8 nitrogen and oxygen atoms in total. The van der Waals surface area contributed by atoms with E-state index in [4.69, 9.17) is 20.1 Å².